The van der Waals surface area contributed by atoms with Crippen LogP contribution in [-0.4, -0.2) is 38.8 Å². The van der Waals surface area contributed by atoms with Gasteiger partial charge in [-0.3, -0.25) is 4.79 Å². The summed E-state index contributed by atoms with van der Waals surface area (Å²) in [6.45, 7) is 0.912. The highest BCUT2D eigenvalue weighted by Crippen LogP contribution is 2.28. The van der Waals surface area contributed by atoms with Crippen molar-refractivity contribution in [3.05, 3.63) is 58.6 Å². The molecule has 0 aromatic heterocycles. The van der Waals surface area contributed by atoms with E-state index in [9.17, 15) is 13.2 Å². The molecule has 2 aromatic rings. The second-order valence-electron chi connectivity index (χ2n) is 6.64. The van der Waals surface area contributed by atoms with Crippen LogP contribution in [0.5, 0.6) is 0 Å². The van der Waals surface area contributed by atoms with E-state index >= 15 is 0 Å². The molecular formula is C20H20ClN3O3S. The number of halogens is 1. The van der Waals surface area contributed by atoms with Crippen molar-refractivity contribution in [3.63, 3.8) is 0 Å². The molecule has 1 aliphatic heterocycles. The Morgan fingerprint density at radius 3 is 2.54 bits per heavy atom. The monoisotopic (exact) mass is 417 g/mol. The van der Waals surface area contributed by atoms with Crippen LogP contribution in [-0.2, 0) is 10.0 Å². The number of amides is 1. The molecule has 1 fully saturated rings. The molecule has 3 rings (SSSR count). The summed E-state index contributed by atoms with van der Waals surface area (Å²) in [5.74, 6) is -0.387. The van der Waals surface area contributed by atoms with Gasteiger partial charge in [0, 0.05) is 31.4 Å². The van der Waals surface area contributed by atoms with Crippen LogP contribution in [0.15, 0.2) is 47.4 Å². The summed E-state index contributed by atoms with van der Waals surface area (Å²) in [7, 11) is -2.19. The molecule has 0 radical (unpaired) electrons. The first-order chi connectivity index (χ1) is 13.3. The Labute approximate surface area is 170 Å². The number of carbonyl (C=O) groups is 1. The highest BCUT2D eigenvalue weighted by molar-refractivity contribution is 7.89. The molecule has 1 heterocycles. The van der Waals surface area contributed by atoms with E-state index in [4.69, 9.17) is 16.9 Å². The molecule has 0 aliphatic carbocycles. The third-order valence-corrected chi connectivity index (χ3v) is 7.16. The van der Waals surface area contributed by atoms with Crippen LogP contribution in [0.4, 0.5) is 5.69 Å². The lowest BCUT2D eigenvalue weighted by Crippen LogP contribution is -2.36. The van der Waals surface area contributed by atoms with E-state index in [1.54, 1.807) is 31.3 Å². The molecule has 1 amide bonds. The minimum absolute atomic E-state index is 0.0545. The average Bonchev–Trinajstić information content (AvgIpc) is 2.73. The van der Waals surface area contributed by atoms with Crippen LogP contribution in [0.3, 0.4) is 0 Å². The van der Waals surface area contributed by atoms with Gasteiger partial charge in [-0.2, -0.15) is 9.57 Å². The molecule has 8 heteroatoms. The van der Waals surface area contributed by atoms with E-state index in [-0.39, 0.29) is 21.4 Å². The van der Waals surface area contributed by atoms with Crippen molar-refractivity contribution in [1.29, 1.82) is 5.26 Å². The highest BCUT2D eigenvalue weighted by Gasteiger charge is 2.29. The molecule has 1 saturated heterocycles. The van der Waals surface area contributed by atoms with Crippen LogP contribution in [0.1, 0.15) is 35.2 Å². The first-order valence-electron chi connectivity index (χ1n) is 8.92. The minimum atomic E-state index is -3.76. The molecule has 28 heavy (non-hydrogen) atoms. The number of hydrogen-bond donors (Lipinski definition) is 0. The van der Waals surface area contributed by atoms with Crippen LogP contribution in [0, 0.1) is 11.3 Å². The number of hydrogen-bond acceptors (Lipinski definition) is 4. The zero-order chi connectivity index (χ0) is 20.3. The fourth-order valence-corrected chi connectivity index (χ4v) is 5.19. The number of carbonyl (C=O) groups excluding carboxylic acids is 1. The topological polar surface area (TPSA) is 81.5 Å². The van der Waals surface area contributed by atoms with Crippen molar-refractivity contribution in [2.24, 2.45) is 0 Å². The number of piperidine rings is 1. The SMILES string of the molecule is CN(C(=O)c1ccc(Cl)c(S(=O)(=O)N2CCCCC2)c1)c1cccc(C#N)c1. The zero-order valence-electron chi connectivity index (χ0n) is 15.4. The molecular weight excluding hydrogens is 398 g/mol. The van der Waals surface area contributed by atoms with Crippen molar-refractivity contribution >= 4 is 33.2 Å². The normalized spacial score (nSPS) is 15.0. The fourth-order valence-electron chi connectivity index (χ4n) is 3.17. The summed E-state index contributed by atoms with van der Waals surface area (Å²) in [5.41, 5.74) is 1.19. The van der Waals surface area contributed by atoms with Gasteiger partial charge in [0.15, 0.2) is 0 Å². The Hall–Kier alpha value is -2.40. The molecule has 0 N–H and O–H groups in total. The van der Waals surface area contributed by atoms with Gasteiger partial charge < -0.3 is 4.90 Å². The van der Waals surface area contributed by atoms with Crippen LogP contribution in [0.2, 0.25) is 5.02 Å². The standard InChI is InChI=1S/C20H20ClN3O3S/c1-23(17-7-5-6-15(12-17)14-22)20(25)16-8-9-18(21)19(13-16)28(26,27)24-10-3-2-4-11-24/h5-9,12-13H,2-4,10-11H2,1H3. The molecule has 2 aromatic carbocycles. The van der Waals surface area contributed by atoms with E-state index in [1.165, 1.54) is 27.4 Å². The fraction of sp³-hybridized carbons (Fsp3) is 0.300. The highest BCUT2D eigenvalue weighted by atomic mass is 35.5. The van der Waals surface area contributed by atoms with Gasteiger partial charge in [0.25, 0.3) is 5.91 Å². The Bertz CT molecular complexity index is 1040. The number of anilines is 1. The summed E-state index contributed by atoms with van der Waals surface area (Å²) < 4.78 is 27.4. The van der Waals surface area contributed by atoms with Crippen molar-refractivity contribution in [3.8, 4) is 6.07 Å². The number of benzene rings is 2. The third-order valence-electron chi connectivity index (χ3n) is 4.78. The lowest BCUT2D eigenvalue weighted by molar-refractivity contribution is 0.0993. The second-order valence-corrected chi connectivity index (χ2v) is 8.95. The number of nitriles is 1. The molecule has 6 nitrogen and oxygen atoms in total. The van der Waals surface area contributed by atoms with Crippen molar-refractivity contribution in [1.82, 2.24) is 4.31 Å². The lowest BCUT2D eigenvalue weighted by atomic mass is 10.1. The number of sulfonamides is 1. The van der Waals surface area contributed by atoms with Gasteiger partial charge in [-0.15, -0.1) is 0 Å². The van der Waals surface area contributed by atoms with Crippen molar-refractivity contribution < 1.29 is 13.2 Å². The van der Waals surface area contributed by atoms with Crippen LogP contribution in [0.25, 0.3) is 0 Å². The van der Waals surface area contributed by atoms with Crippen LogP contribution < -0.4 is 4.90 Å². The van der Waals surface area contributed by atoms with Crippen molar-refractivity contribution in [2.75, 3.05) is 25.0 Å². The summed E-state index contributed by atoms with van der Waals surface area (Å²) in [6, 6.07) is 12.9. The van der Waals surface area contributed by atoms with Gasteiger partial charge >= 0.3 is 0 Å². The Kier molecular flexibility index (Phi) is 6.04. The minimum Gasteiger partial charge on any atom is -0.311 e. The van der Waals surface area contributed by atoms with Crippen LogP contribution >= 0.6 is 11.6 Å². The molecule has 0 saturated carbocycles. The Balaban J connectivity index is 1.94. The second kappa shape index (κ2) is 8.31. The Morgan fingerprint density at radius 2 is 1.86 bits per heavy atom. The summed E-state index contributed by atoms with van der Waals surface area (Å²) in [4.78, 5) is 14.2. The first-order valence-corrected chi connectivity index (χ1v) is 10.7. The molecule has 0 bridgehead atoms. The molecule has 146 valence electrons. The molecule has 1 aliphatic rings. The van der Waals surface area contributed by atoms with E-state index < -0.39 is 10.0 Å². The lowest BCUT2D eigenvalue weighted by Gasteiger charge is -2.26. The van der Waals surface area contributed by atoms with E-state index in [0.29, 0.717) is 24.3 Å². The van der Waals surface area contributed by atoms with E-state index in [2.05, 4.69) is 0 Å². The van der Waals surface area contributed by atoms with E-state index in [0.717, 1.165) is 19.3 Å². The average molecular weight is 418 g/mol. The predicted molar refractivity (Wildman–Crippen MR) is 108 cm³/mol. The number of nitrogens with zero attached hydrogens (tertiary/aromatic N) is 3. The molecule has 0 spiro atoms. The quantitative estimate of drug-likeness (QED) is 0.760. The van der Waals surface area contributed by atoms with Gasteiger partial charge in [0.05, 0.1) is 16.7 Å². The van der Waals surface area contributed by atoms with Gasteiger partial charge in [-0.25, -0.2) is 8.42 Å². The Morgan fingerprint density at radius 1 is 1.14 bits per heavy atom. The molecule has 0 unspecified atom stereocenters. The maximum atomic E-state index is 13.0. The first kappa shape index (κ1) is 20.3. The van der Waals surface area contributed by atoms with Gasteiger partial charge in [-0.1, -0.05) is 24.1 Å². The maximum Gasteiger partial charge on any atom is 0.258 e. The zero-order valence-corrected chi connectivity index (χ0v) is 17.0. The van der Waals surface area contributed by atoms with Gasteiger partial charge in [0.1, 0.15) is 4.90 Å². The van der Waals surface area contributed by atoms with E-state index in [1.807, 2.05) is 6.07 Å². The number of rotatable bonds is 4. The van der Waals surface area contributed by atoms with Gasteiger partial charge in [0.2, 0.25) is 10.0 Å². The molecule has 0 atom stereocenters. The largest absolute Gasteiger partial charge is 0.311 e. The van der Waals surface area contributed by atoms with Gasteiger partial charge in [-0.05, 0) is 49.2 Å². The predicted octanol–water partition coefficient (Wildman–Crippen LogP) is 3.66. The summed E-state index contributed by atoms with van der Waals surface area (Å²) >= 11 is 6.17. The smallest absolute Gasteiger partial charge is 0.258 e. The third kappa shape index (κ3) is 4.04. The summed E-state index contributed by atoms with van der Waals surface area (Å²) in [6.07, 6.45) is 2.63. The summed E-state index contributed by atoms with van der Waals surface area (Å²) in [5, 5.41) is 9.13. The van der Waals surface area contributed by atoms with Crippen molar-refractivity contribution in [2.45, 2.75) is 24.2 Å². The maximum absolute atomic E-state index is 13.0.